The molecule has 0 radical (unpaired) electrons. The van der Waals surface area contributed by atoms with Crippen LogP contribution in [0.5, 0.6) is 0 Å². The molecule has 2 aromatic rings. The Morgan fingerprint density at radius 1 is 1.42 bits per heavy atom. The molecule has 0 atom stereocenters. The summed E-state index contributed by atoms with van der Waals surface area (Å²) in [5.74, 6) is -0.381. The van der Waals surface area contributed by atoms with Crippen molar-refractivity contribution in [3.63, 3.8) is 0 Å². The van der Waals surface area contributed by atoms with Gasteiger partial charge in [0.2, 0.25) is 0 Å². The number of nitrogens with two attached hydrogens (primary N) is 1. The average Bonchev–Trinajstić information content (AvgIpc) is 2.36. The zero-order valence-corrected chi connectivity index (χ0v) is 12.2. The van der Waals surface area contributed by atoms with Crippen molar-refractivity contribution in [3.05, 3.63) is 55.9 Å². The highest BCUT2D eigenvalue weighted by atomic mass is 79.9. The molecule has 100 valence electrons. The molecule has 2 N–H and O–H groups in total. The number of anilines is 1. The molecule has 0 unspecified atom stereocenters. The van der Waals surface area contributed by atoms with E-state index < -0.39 is 0 Å². The highest BCUT2D eigenvalue weighted by molar-refractivity contribution is 9.10. The first-order valence-electron chi connectivity index (χ1n) is 5.67. The normalized spacial score (nSPS) is 10.7. The van der Waals surface area contributed by atoms with Gasteiger partial charge in [-0.2, -0.15) is 4.98 Å². The van der Waals surface area contributed by atoms with E-state index in [2.05, 4.69) is 20.9 Å². The van der Waals surface area contributed by atoms with Gasteiger partial charge in [-0.05, 0) is 53.5 Å². The minimum atomic E-state index is -0.381. The fraction of sp³-hybridized carbons (Fsp3) is 0.231. The lowest BCUT2D eigenvalue weighted by Crippen LogP contribution is -2.27. The van der Waals surface area contributed by atoms with Crippen LogP contribution in [-0.2, 0) is 6.54 Å². The van der Waals surface area contributed by atoms with Crippen molar-refractivity contribution in [1.82, 2.24) is 9.55 Å². The first-order chi connectivity index (χ1) is 8.90. The van der Waals surface area contributed by atoms with E-state index in [0.717, 1.165) is 10.2 Å². The second kappa shape index (κ2) is 5.13. The first kappa shape index (κ1) is 13.7. The van der Waals surface area contributed by atoms with Crippen molar-refractivity contribution < 1.29 is 4.39 Å². The molecule has 0 saturated carbocycles. The van der Waals surface area contributed by atoms with Crippen LogP contribution in [0.2, 0.25) is 0 Å². The zero-order valence-electron chi connectivity index (χ0n) is 10.6. The van der Waals surface area contributed by atoms with Gasteiger partial charge in [-0.15, -0.1) is 0 Å². The van der Waals surface area contributed by atoms with E-state index in [1.165, 1.54) is 22.8 Å². The number of aromatic nitrogens is 2. The molecule has 1 heterocycles. The summed E-state index contributed by atoms with van der Waals surface area (Å²) in [5, 5.41) is 0. The van der Waals surface area contributed by atoms with Crippen LogP contribution in [0.25, 0.3) is 0 Å². The Bertz CT molecular complexity index is 697. The molecule has 0 aliphatic rings. The summed E-state index contributed by atoms with van der Waals surface area (Å²) in [4.78, 5) is 15.8. The van der Waals surface area contributed by atoms with Gasteiger partial charge in [0, 0.05) is 11.4 Å². The van der Waals surface area contributed by atoms with E-state index in [-0.39, 0.29) is 18.1 Å². The molecular weight excluding hydrogens is 313 g/mol. The lowest BCUT2D eigenvalue weighted by atomic mass is 10.1. The molecule has 0 fully saturated rings. The van der Waals surface area contributed by atoms with Gasteiger partial charge < -0.3 is 5.73 Å². The SMILES string of the molecule is Cc1nc(=O)n(Cc2cc(F)ccc2N)c(C)c1Br. The van der Waals surface area contributed by atoms with E-state index in [1.54, 1.807) is 13.8 Å². The van der Waals surface area contributed by atoms with E-state index in [4.69, 9.17) is 5.73 Å². The number of nitrogens with zero attached hydrogens (tertiary/aromatic N) is 2. The fourth-order valence-electron chi connectivity index (χ4n) is 1.84. The van der Waals surface area contributed by atoms with Crippen LogP contribution in [0.3, 0.4) is 0 Å². The van der Waals surface area contributed by atoms with Crippen molar-refractivity contribution in [3.8, 4) is 0 Å². The highest BCUT2D eigenvalue weighted by Crippen LogP contribution is 2.19. The molecule has 1 aromatic heterocycles. The molecular formula is C13H13BrFN3O. The standard InChI is InChI=1S/C13H13BrFN3O/c1-7-12(14)8(2)18(13(19)17-7)6-9-5-10(15)3-4-11(9)16/h3-5H,6,16H2,1-2H3. The van der Waals surface area contributed by atoms with Crippen LogP contribution in [0.1, 0.15) is 17.0 Å². The molecule has 0 amide bonds. The monoisotopic (exact) mass is 325 g/mol. The van der Waals surface area contributed by atoms with Crippen molar-refractivity contribution in [2.24, 2.45) is 0 Å². The van der Waals surface area contributed by atoms with Crippen LogP contribution in [0.4, 0.5) is 10.1 Å². The van der Waals surface area contributed by atoms with E-state index in [9.17, 15) is 9.18 Å². The van der Waals surface area contributed by atoms with E-state index in [1.807, 2.05) is 0 Å². The summed E-state index contributed by atoms with van der Waals surface area (Å²) in [7, 11) is 0. The van der Waals surface area contributed by atoms with Gasteiger partial charge in [0.05, 0.1) is 16.7 Å². The molecule has 6 heteroatoms. The molecule has 0 spiro atoms. The maximum atomic E-state index is 13.2. The van der Waals surface area contributed by atoms with Crippen LogP contribution < -0.4 is 11.4 Å². The second-order valence-corrected chi connectivity index (χ2v) is 5.10. The molecule has 0 aliphatic heterocycles. The first-order valence-corrected chi connectivity index (χ1v) is 6.47. The summed E-state index contributed by atoms with van der Waals surface area (Å²) in [6.45, 7) is 3.75. The molecule has 2 rings (SSSR count). The van der Waals surface area contributed by atoms with Crippen molar-refractivity contribution in [2.45, 2.75) is 20.4 Å². The summed E-state index contributed by atoms with van der Waals surface area (Å²) < 4.78 is 15.5. The average molecular weight is 326 g/mol. The van der Waals surface area contributed by atoms with E-state index in [0.29, 0.717) is 16.9 Å². The maximum Gasteiger partial charge on any atom is 0.348 e. The van der Waals surface area contributed by atoms with Gasteiger partial charge in [0.25, 0.3) is 0 Å². The summed E-state index contributed by atoms with van der Waals surface area (Å²) in [6.07, 6.45) is 0. The number of nitrogen functional groups attached to an aromatic ring is 1. The Balaban J connectivity index is 2.53. The molecule has 4 nitrogen and oxygen atoms in total. The molecule has 0 aliphatic carbocycles. The molecule has 0 bridgehead atoms. The van der Waals surface area contributed by atoms with Crippen LogP contribution in [-0.4, -0.2) is 9.55 Å². The van der Waals surface area contributed by atoms with Gasteiger partial charge in [0.1, 0.15) is 5.82 Å². The Morgan fingerprint density at radius 2 is 2.11 bits per heavy atom. The van der Waals surface area contributed by atoms with Gasteiger partial charge in [-0.3, -0.25) is 4.57 Å². The number of hydrogen-bond acceptors (Lipinski definition) is 3. The van der Waals surface area contributed by atoms with Gasteiger partial charge in [0.15, 0.2) is 0 Å². The van der Waals surface area contributed by atoms with Crippen LogP contribution >= 0.6 is 15.9 Å². The third-order valence-electron chi connectivity index (χ3n) is 2.97. The van der Waals surface area contributed by atoms with Gasteiger partial charge >= 0.3 is 5.69 Å². The molecule has 1 aromatic carbocycles. The Morgan fingerprint density at radius 3 is 2.79 bits per heavy atom. The zero-order chi connectivity index (χ0) is 14.2. The summed E-state index contributed by atoms with van der Waals surface area (Å²) in [5.41, 5.74) is 7.79. The maximum absolute atomic E-state index is 13.2. The van der Waals surface area contributed by atoms with Crippen molar-refractivity contribution in [2.75, 3.05) is 5.73 Å². The largest absolute Gasteiger partial charge is 0.398 e. The van der Waals surface area contributed by atoms with E-state index >= 15 is 0 Å². The Hall–Kier alpha value is -1.69. The number of benzene rings is 1. The Labute approximate surface area is 118 Å². The predicted molar refractivity (Wildman–Crippen MR) is 75.6 cm³/mol. The topological polar surface area (TPSA) is 60.9 Å². The summed E-state index contributed by atoms with van der Waals surface area (Å²) in [6, 6.07) is 4.11. The second-order valence-electron chi connectivity index (χ2n) is 4.31. The Kier molecular flexibility index (Phi) is 3.71. The minimum absolute atomic E-state index is 0.195. The predicted octanol–water partition coefficient (Wildman–Crippen LogP) is 2.39. The van der Waals surface area contributed by atoms with Gasteiger partial charge in [-0.1, -0.05) is 0 Å². The summed E-state index contributed by atoms with van der Waals surface area (Å²) >= 11 is 3.38. The third kappa shape index (κ3) is 2.68. The number of halogens is 2. The van der Waals surface area contributed by atoms with Crippen molar-refractivity contribution >= 4 is 21.6 Å². The third-order valence-corrected chi connectivity index (χ3v) is 4.12. The van der Waals surface area contributed by atoms with Gasteiger partial charge in [-0.25, -0.2) is 9.18 Å². The lowest BCUT2D eigenvalue weighted by Gasteiger charge is -2.13. The van der Waals surface area contributed by atoms with Crippen LogP contribution in [0.15, 0.2) is 27.5 Å². The minimum Gasteiger partial charge on any atom is -0.398 e. The quantitative estimate of drug-likeness (QED) is 0.862. The fourth-order valence-corrected chi connectivity index (χ4v) is 2.15. The molecule has 19 heavy (non-hydrogen) atoms. The number of aryl methyl sites for hydroxylation is 1. The number of rotatable bonds is 2. The van der Waals surface area contributed by atoms with Crippen molar-refractivity contribution in [1.29, 1.82) is 0 Å². The lowest BCUT2D eigenvalue weighted by molar-refractivity contribution is 0.620. The smallest absolute Gasteiger partial charge is 0.348 e. The van der Waals surface area contributed by atoms with Crippen LogP contribution in [0, 0.1) is 19.7 Å². The number of hydrogen-bond donors (Lipinski definition) is 1. The molecule has 0 saturated heterocycles. The highest BCUT2D eigenvalue weighted by Gasteiger charge is 2.11.